The SMILES string of the molecule is COc1ccc(-n2ncc(C(=O)Nc3cc(F)c(N(C)C)c(F)c3)c2C(F)(F)F)nn1. The summed E-state index contributed by atoms with van der Waals surface area (Å²) < 4.78 is 74.5. The molecule has 0 aliphatic heterocycles. The zero-order valence-corrected chi connectivity index (χ0v) is 16.3. The highest BCUT2D eigenvalue weighted by Gasteiger charge is 2.41. The largest absolute Gasteiger partial charge is 0.480 e. The van der Waals surface area contributed by atoms with Gasteiger partial charge in [-0.05, 0) is 18.2 Å². The minimum Gasteiger partial charge on any atom is -0.480 e. The molecule has 1 amide bonds. The van der Waals surface area contributed by atoms with Crippen molar-refractivity contribution in [3.63, 3.8) is 0 Å². The number of ether oxygens (including phenoxy) is 1. The highest BCUT2D eigenvalue weighted by molar-refractivity contribution is 6.05. The zero-order chi connectivity index (χ0) is 22.9. The molecule has 0 atom stereocenters. The number of alkyl halides is 3. The highest BCUT2D eigenvalue weighted by atomic mass is 19.4. The Hall–Kier alpha value is -3.77. The van der Waals surface area contributed by atoms with Crippen LogP contribution >= 0.6 is 0 Å². The molecule has 13 heteroatoms. The third-order valence-electron chi connectivity index (χ3n) is 4.06. The highest BCUT2D eigenvalue weighted by Crippen LogP contribution is 2.34. The van der Waals surface area contributed by atoms with E-state index in [-0.39, 0.29) is 23.1 Å². The molecule has 3 rings (SSSR count). The molecule has 0 aliphatic carbocycles. The van der Waals surface area contributed by atoms with Crippen molar-refractivity contribution in [2.45, 2.75) is 6.18 Å². The number of benzene rings is 1. The van der Waals surface area contributed by atoms with Crippen LogP contribution in [0.25, 0.3) is 5.82 Å². The van der Waals surface area contributed by atoms with Gasteiger partial charge in [0, 0.05) is 25.8 Å². The Morgan fingerprint density at radius 3 is 2.26 bits per heavy atom. The predicted octanol–water partition coefficient (Wildman–Crippen LogP) is 3.29. The second-order valence-corrected chi connectivity index (χ2v) is 6.39. The Morgan fingerprint density at radius 2 is 1.77 bits per heavy atom. The molecule has 164 valence electrons. The van der Waals surface area contributed by atoms with Crippen molar-refractivity contribution >= 4 is 17.3 Å². The lowest BCUT2D eigenvalue weighted by molar-refractivity contribution is -0.143. The monoisotopic (exact) mass is 442 g/mol. The van der Waals surface area contributed by atoms with E-state index in [1.165, 1.54) is 38.2 Å². The maximum Gasteiger partial charge on any atom is 0.434 e. The van der Waals surface area contributed by atoms with Crippen molar-refractivity contribution in [3.05, 3.63) is 53.4 Å². The number of carbonyl (C=O) groups is 1. The van der Waals surface area contributed by atoms with E-state index in [4.69, 9.17) is 4.74 Å². The Balaban J connectivity index is 1.99. The van der Waals surface area contributed by atoms with Crippen LogP contribution in [0, 0.1) is 11.6 Å². The van der Waals surface area contributed by atoms with E-state index >= 15 is 0 Å². The van der Waals surface area contributed by atoms with E-state index in [2.05, 4.69) is 20.6 Å². The Morgan fingerprint density at radius 1 is 1.13 bits per heavy atom. The second-order valence-electron chi connectivity index (χ2n) is 6.39. The number of hydrogen-bond acceptors (Lipinski definition) is 6. The molecule has 3 aromatic rings. The summed E-state index contributed by atoms with van der Waals surface area (Å²) in [6.45, 7) is 0. The van der Waals surface area contributed by atoms with Crippen LogP contribution in [0.2, 0.25) is 0 Å². The van der Waals surface area contributed by atoms with E-state index in [1.807, 2.05) is 0 Å². The molecule has 0 radical (unpaired) electrons. The van der Waals surface area contributed by atoms with Gasteiger partial charge >= 0.3 is 6.18 Å². The summed E-state index contributed by atoms with van der Waals surface area (Å²) in [6.07, 6.45) is -4.33. The lowest BCUT2D eigenvalue weighted by atomic mass is 10.2. The number of amides is 1. The average molecular weight is 442 g/mol. The van der Waals surface area contributed by atoms with E-state index < -0.39 is 35.0 Å². The lowest BCUT2D eigenvalue weighted by Crippen LogP contribution is -2.21. The topological polar surface area (TPSA) is 85.2 Å². The zero-order valence-electron chi connectivity index (χ0n) is 16.3. The quantitative estimate of drug-likeness (QED) is 0.611. The van der Waals surface area contributed by atoms with Gasteiger partial charge in [0.15, 0.2) is 23.1 Å². The molecule has 0 spiro atoms. The van der Waals surface area contributed by atoms with Gasteiger partial charge in [0.25, 0.3) is 5.91 Å². The van der Waals surface area contributed by atoms with Crippen LogP contribution in [-0.2, 0) is 6.18 Å². The Labute approximate surface area is 172 Å². The smallest absolute Gasteiger partial charge is 0.434 e. The number of anilines is 2. The summed E-state index contributed by atoms with van der Waals surface area (Å²) in [4.78, 5) is 13.7. The summed E-state index contributed by atoms with van der Waals surface area (Å²) in [6, 6.07) is 4.02. The maximum absolute atomic E-state index is 14.1. The maximum atomic E-state index is 14.1. The van der Waals surface area contributed by atoms with Gasteiger partial charge in [0.2, 0.25) is 5.88 Å². The molecule has 1 aromatic carbocycles. The van der Waals surface area contributed by atoms with Gasteiger partial charge in [-0.15, -0.1) is 10.2 Å². The molecule has 1 N–H and O–H groups in total. The first-order valence-electron chi connectivity index (χ1n) is 8.54. The van der Waals surface area contributed by atoms with Crippen molar-refractivity contribution in [2.24, 2.45) is 0 Å². The predicted molar refractivity (Wildman–Crippen MR) is 99.3 cm³/mol. The van der Waals surface area contributed by atoms with Crippen LogP contribution in [0.3, 0.4) is 0 Å². The first kappa shape index (κ1) is 21.9. The minimum atomic E-state index is -5.00. The number of methoxy groups -OCH3 is 1. The normalized spacial score (nSPS) is 11.4. The Bertz CT molecular complexity index is 1090. The first-order chi connectivity index (χ1) is 14.5. The van der Waals surface area contributed by atoms with Crippen LogP contribution in [0.4, 0.5) is 33.3 Å². The number of rotatable bonds is 5. The van der Waals surface area contributed by atoms with E-state index in [0.29, 0.717) is 10.9 Å². The van der Waals surface area contributed by atoms with Crippen LogP contribution in [0.5, 0.6) is 5.88 Å². The number of nitrogens with one attached hydrogen (secondary N) is 1. The lowest BCUT2D eigenvalue weighted by Gasteiger charge is -2.16. The summed E-state index contributed by atoms with van der Waals surface area (Å²) >= 11 is 0. The van der Waals surface area contributed by atoms with E-state index in [0.717, 1.165) is 12.1 Å². The fourth-order valence-corrected chi connectivity index (χ4v) is 2.76. The number of hydrogen-bond donors (Lipinski definition) is 1. The molecular weight excluding hydrogens is 427 g/mol. The van der Waals surface area contributed by atoms with Crippen LogP contribution in [0.1, 0.15) is 16.1 Å². The first-order valence-corrected chi connectivity index (χ1v) is 8.54. The minimum absolute atomic E-state index is 0.0626. The van der Waals surface area contributed by atoms with Crippen LogP contribution in [0.15, 0.2) is 30.5 Å². The van der Waals surface area contributed by atoms with Crippen LogP contribution < -0.4 is 15.0 Å². The van der Waals surface area contributed by atoms with Gasteiger partial charge in [0.1, 0.15) is 5.69 Å². The Kier molecular flexibility index (Phi) is 5.77. The molecular formula is C18H15F5N6O2. The molecule has 0 fully saturated rings. The van der Waals surface area contributed by atoms with Gasteiger partial charge in [-0.25, -0.2) is 13.5 Å². The van der Waals surface area contributed by atoms with Gasteiger partial charge < -0.3 is 15.0 Å². The molecule has 8 nitrogen and oxygen atoms in total. The van der Waals surface area contributed by atoms with Crippen molar-refractivity contribution in [1.82, 2.24) is 20.0 Å². The van der Waals surface area contributed by atoms with E-state index in [1.54, 1.807) is 0 Å². The molecule has 0 aliphatic rings. The average Bonchev–Trinajstić information content (AvgIpc) is 3.13. The fourth-order valence-electron chi connectivity index (χ4n) is 2.76. The van der Waals surface area contributed by atoms with Gasteiger partial charge in [-0.1, -0.05) is 0 Å². The van der Waals surface area contributed by atoms with E-state index in [9.17, 15) is 26.7 Å². The second kappa shape index (κ2) is 8.16. The summed E-state index contributed by atoms with van der Waals surface area (Å²) in [5.41, 5.74) is -3.03. The summed E-state index contributed by atoms with van der Waals surface area (Å²) in [7, 11) is 4.12. The molecule has 0 unspecified atom stereocenters. The van der Waals surface area contributed by atoms with Gasteiger partial charge in [0.05, 0.1) is 18.9 Å². The van der Waals surface area contributed by atoms with Gasteiger partial charge in [-0.2, -0.15) is 18.3 Å². The third-order valence-corrected chi connectivity index (χ3v) is 4.06. The number of carbonyl (C=O) groups excluding carboxylic acids is 1. The van der Waals surface area contributed by atoms with Crippen molar-refractivity contribution in [1.29, 1.82) is 0 Å². The fraction of sp³-hybridized carbons (Fsp3) is 0.222. The molecule has 0 bridgehead atoms. The molecule has 2 aromatic heterocycles. The third kappa shape index (κ3) is 4.39. The van der Waals surface area contributed by atoms with Crippen molar-refractivity contribution < 1.29 is 31.5 Å². The molecule has 31 heavy (non-hydrogen) atoms. The summed E-state index contributed by atoms with van der Waals surface area (Å²) in [5, 5.41) is 12.8. The number of aromatic nitrogens is 4. The van der Waals surface area contributed by atoms with Crippen molar-refractivity contribution in [2.75, 3.05) is 31.4 Å². The van der Waals surface area contributed by atoms with Crippen LogP contribution in [-0.4, -0.2) is 47.1 Å². The van der Waals surface area contributed by atoms with Crippen molar-refractivity contribution in [3.8, 4) is 11.7 Å². The number of nitrogens with zero attached hydrogens (tertiary/aromatic N) is 5. The molecule has 0 saturated heterocycles. The standard InChI is InChI=1S/C18H15F5N6O2/c1-28(2)15-11(19)6-9(7-12(15)20)25-17(30)10-8-24-29(16(10)18(21,22)23)13-4-5-14(31-3)27-26-13/h4-8H,1-3H3,(H,25,30). The number of halogens is 5. The molecule has 0 saturated carbocycles. The van der Waals surface area contributed by atoms with Gasteiger partial charge in [-0.3, -0.25) is 4.79 Å². The molecule has 2 heterocycles. The summed E-state index contributed by atoms with van der Waals surface area (Å²) in [5.74, 6) is -3.52.